The number of carbonyl (C=O) groups excluding carboxylic acids is 1. The van der Waals surface area contributed by atoms with Crippen LogP contribution in [-0.2, 0) is 10.1 Å². The molecule has 1 N–H and O–H groups in total. The van der Waals surface area contributed by atoms with Crippen LogP contribution < -0.4 is 23.7 Å². The van der Waals surface area contributed by atoms with E-state index in [1.54, 1.807) is 49.4 Å². The maximum absolute atomic E-state index is 12.8. The Morgan fingerprint density at radius 3 is 2.03 bits per heavy atom. The highest BCUT2D eigenvalue weighted by Crippen LogP contribution is 2.33. The van der Waals surface area contributed by atoms with E-state index in [9.17, 15) is 13.2 Å². The highest BCUT2D eigenvalue weighted by Gasteiger charge is 2.22. The highest BCUT2D eigenvalue weighted by molar-refractivity contribution is 7.87. The molecule has 0 fully saturated rings. The summed E-state index contributed by atoms with van der Waals surface area (Å²) in [4.78, 5) is 12.5. The third kappa shape index (κ3) is 4.94. The average molecular weight is 458 g/mol. The third-order valence-electron chi connectivity index (χ3n) is 4.62. The van der Waals surface area contributed by atoms with Gasteiger partial charge in [0.25, 0.3) is 5.91 Å². The standard InChI is InChI=1S/C23H23NO7S/c1-15-13-20(29-3)21(30-4)14-22(15)32(26,27)31-17-11-9-16(10-12-17)24-23(25)18-7-5-6-8-19(18)28-2/h5-14H,1-4H3,(H,24,25). The maximum atomic E-state index is 12.8. The zero-order valence-corrected chi connectivity index (χ0v) is 18.9. The molecule has 32 heavy (non-hydrogen) atoms. The molecule has 0 atom stereocenters. The predicted molar refractivity (Wildman–Crippen MR) is 119 cm³/mol. The SMILES string of the molecule is COc1cc(C)c(S(=O)(=O)Oc2ccc(NC(=O)c3ccccc3OC)cc2)cc1OC. The van der Waals surface area contributed by atoms with Gasteiger partial charge in [0, 0.05) is 11.8 Å². The molecular formula is C23H23NO7S. The van der Waals surface area contributed by atoms with Gasteiger partial charge in [0.15, 0.2) is 11.5 Å². The van der Waals surface area contributed by atoms with E-state index >= 15 is 0 Å². The van der Waals surface area contributed by atoms with Crippen LogP contribution in [0, 0.1) is 6.92 Å². The minimum absolute atomic E-state index is 0.0382. The Morgan fingerprint density at radius 1 is 0.812 bits per heavy atom. The van der Waals surface area contributed by atoms with Crippen LogP contribution >= 0.6 is 0 Å². The summed E-state index contributed by atoms with van der Waals surface area (Å²) in [6.45, 7) is 1.63. The molecule has 0 aliphatic heterocycles. The minimum Gasteiger partial charge on any atom is -0.496 e. The largest absolute Gasteiger partial charge is 0.496 e. The number of ether oxygens (including phenoxy) is 3. The van der Waals surface area contributed by atoms with E-state index in [0.717, 1.165) is 0 Å². The molecule has 0 bridgehead atoms. The fourth-order valence-electron chi connectivity index (χ4n) is 3.03. The van der Waals surface area contributed by atoms with Gasteiger partial charge in [0.05, 0.1) is 26.9 Å². The Morgan fingerprint density at radius 2 is 1.41 bits per heavy atom. The maximum Gasteiger partial charge on any atom is 0.339 e. The van der Waals surface area contributed by atoms with Crippen LogP contribution in [0.25, 0.3) is 0 Å². The summed E-state index contributed by atoms with van der Waals surface area (Å²) in [6, 6.07) is 15.7. The number of anilines is 1. The van der Waals surface area contributed by atoms with Crippen molar-refractivity contribution in [2.45, 2.75) is 11.8 Å². The summed E-state index contributed by atoms with van der Waals surface area (Å²) in [6.07, 6.45) is 0. The molecule has 3 aromatic rings. The van der Waals surface area contributed by atoms with E-state index < -0.39 is 10.1 Å². The van der Waals surface area contributed by atoms with Crippen molar-refractivity contribution in [3.05, 3.63) is 71.8 Å². The number of hydrogen-bond acceptors (Lipinski definition) is 7. The van der Waals surface area contributed by atoms with Gasteiger partial charge in [-0.1, -0.05) is 12.1 Å². The quantitative estimate of drug-likeness (QED) is 0.510. The van der Waals surface area contributed by atoms with Crippen molar-refractivity contribution < 1.29 is 31.6 Å². The molecule has 3 rings (SSSR count). The first-order chi connectivity index (χ1) is 15.3. The predicted octanol–water partition coefficient (Wildman–Crippen LogP) is 4.04. The molecule has 0 spiro atoms. The van der Waals surface area contributed by atoms with Crippen molar-refractivity contribution in [1.82, 2.24) is 0 Å². The fraction of sp³-hybridized carbons (Fsp3) is 0.174. The summed E-state index contributed by atoms with van der Waals surface area (Å²) in [7, 11) is 0.244. The highest BCUT2D eigenvalue weighted by atomic mass is 32.2. The molecule has 0 aliphatic carbocycles. The zero-order valence-electron chi connectivity index (χ0n) is 18.0. The molecule has 9 heteroatoms. The van der Waals surface area contributed by atoms with E-state index in [1.807, 2.05) is 0 Å². The number of benzene rings is 3. The van der Waals surface area contributed by atoms with Crippen molar-refractivity contribution in [3.8, 4) is 23.0 Å². The number of methoxy groups -OCH3 is 3. The summed E-state index contributed by atoms with van der Waals surface area (Å²) >= 11 is 0. The Kier molecular flexibility index (Phi) is 6.89. The first kappa shape index (κ1) is 23.0. The van der Waals surface area contributed by atoms with Crippen molar-refractivity contribution in [2.75, 3.05) is 26.6 Å². The van der Waals surface area contributed by atoms with Crippen LogP contribution in [0.2, 0.25) is 0 Å². The molecule has 0 radical (unpaired) electrons. The normalized spacial score (nSPS) is 10.9. The monoisotopic (exact) mass is 457 g/mol. The van der Waals surface area contributed by atoms with Gasteiger partial charge in [-0.3, -0.25) is 4.79 Å². The Bertz CT molecular complexity index is 1220. The van der Waals surface area contributed by atoms with Crippen LogP contribution in [-0.4, -0.2) is 35.7 Å². The number of para-hydroxylation sites is 1. The van der Waals surface area contributed by atoms with Gasteiger partial charge < -0.3 is 23.7 Å². The van der Waals surface area contributed by atoms with Crippen molar-refractivity contribution in [1.29, 1.82) is 0 Å². The minimum atomic E-state index is -4.13. The topological polar surface area (TPSA) is 100 Å². The van der Waals surface area contributed by atoms with E-state index in [2.05, 4.69) is 5.32 Å². The fourth-order valence-corrected chi connectivity index (χ4v) is 4.19. The molecule has 0 aromatic heterocycles. The summed E-state index contributed by atoms with van der Waals surface area (Å²) in [5, 5.41) is 2.74. The third-order valence-corrected chi connectivity index (χ3v) is 6.01. The van der Waals surface area contributed by atoms with Gasteiger partial charge in [0.1, 0.15) is 16.4 Å². The molecule has 0 aliphatic rings. The lowest BCUT2D eigenvalue weighted by Gasteiger charge is -2.14. The Hall–Kier alpha value is -3.72. The lowest BCUT2D eigenvalue weighted by atomic mass is 10.2. The number of carbonyl (C=O) groups is 1. The Balaban J connectivity index is 1.77. The second kappa shape index (κ2) is 9.61. The van der Waals surface area contributed by atoms with Crippen LogP contribution in [0.1, 0.15) is 15.9 Å². The lowest BCUT2D eigenvalue weighted by Crippen LogP contribution is -2.13. The van der Waals surface area contributed by atoms with Gasteiger partial charge in [-0.15, -0.1) is 0 Å². The van der Waals surface area contributed by atoms with Crippen molar-refractivity contribution in [3.63, 3.8) is 0 Å². The second-order valence-corrected chi connectivity index (χ2v) is 8.20. The smallest absolute Gasteiger partial charge is 0.339 e. The van der Waals surface area contributed by atoms with Crippen LogP contribution in [0.3, 0.4) is 0 Å². The van der Waals surface area contributed by atoms with E-state index in [4.69, 9.17) is 18.4 Å². The molecule has 0 heterocycles. The van der Waals surface area contributed by atoms with Crippen molar-refractivity contribution >= 4 is 21.7 Å². The molecule has 168 valence electrons. The molecule has 3 aromatic carbocycles. The number of nitrogens with one attached hydrogen (secondary N) is 1. The number of hydrogen-bond donors (Lipinski definition) is 1. The van der Waals surface area contributed by atoms with Crippen LogP contribution in [0.5, 0.6) is 23.0 Å². The van der Waals surface area contributed by atoms with E-state index in [0.29, 0.717) is 28.3 Å². The molecule has 0 unspecified atom stereocenters. The van der Waals surface area contributed by atoms with Gasteiger partial charge >= 0.3 is 10.1 Å². The van der Waals surface area contributed by atoms with Gasteiger partial charge in [-0.2, -0.15) is 8.42 Å². The first-order valence-corrected chi connectivity index (χ1v) is 10.9. The average Bonchev–Trinajstić information content (AvgIpc) is 2.79. The van der Waals surface area contributed by atoms with Gasteiger partial charge in [-0.25, -0.2) is 0 Å². The Labute approximate surface area is 186 Å². The number of rotatable bonds is 8. The first-order valence-electron chi connectivity index (χ1n) is 9.50. The summed E-state index contributed by atoms with van der Waals surface area (Å²) < 4.78 is 46.5. The van der Waals surface area contributed by atoms with E-state index in [-0.39, 0.29) is 22.3 Å². The second-order valence-electron chi connectivity index (χ2n) is 6.69. The number of amides is 1. The summed E-state index contributed by atoms with van der Waals surface area (Å²) in [5.41, 5.74) is 1.29. The molecular weight excluding hydrogens is 434 g/mol. The number of aryl methyl sites for hydroxylation is 1. The molecule has 0 saturated heterocycles. The van der Waals surface area contributed by atoms with Gasteiger partial charge in [-0.05, 0) is 55.0 Å². The zero-order chi connectivity index (χ0) is 23.3. The van der Waals surface area contributed by atoms with Crippen LogP contribution in [0.4, 0.5) is 5.69 Å². The lowest BCUT2D eigenvalue weighted by molar-refractivity contribution is 0.102. The van der Waals surface area contributed by atoms with Crippen molar-refractivity contribution in [2.24, 2.45) is 0 Å². The summed E-state index contributed by atoms with van der Waals surface area (Å²) in [5.74, 6) is 0.870. The van der Waals surface area contributed by atoms with Crippen LogP contribution in [0.15, 0.2) is 65.6 Å². The van der Waals surface area contributed by atoms with Gasteiger partial charge in [0.2, 0.25) is 0 Å². The molecule has 8 nitrogen and oxygen atoms in total. The molecule has 1 amide bonds. The molecule has 0 saturated carbocycles. The van der Waals surface area contributed by atoms with E-state index in [1.165, 1.54) is 39.5 Å².